The van der Waals surface area contributed by atoms with E-state index < -0.39 is 0 Å². The average Bonchev–Trinajstić information content (AvgIpc) is 3.05. The zero-order valence-electron chi connectivity index (χ0n) is 25.2. The topological polar surface area (TPSA) is 94.2 Å². The summed E-state index contributed by atoms with van der Waals surface area (Å²) in [6.07, 6.45) is 0. The quantitative estimate of drug-likeness (QED) is 0.267. The number of benzene rings is 4. The van der Waals surface area contributed by atoms with Crippen molar-refractivity contribution in [2.75, 3.05) is 55.9 Å². The van der Waals surface area contributed by atoms with Gasteiger partial charge in [0.1, 0.15) is 5.75 Å². The van der Waals surface area contributed by atoms with Crippen molar-refractivity contribution in [3.8, 4) is 5.75 Å². The molecule has 1 aliphatic heterocycles. The first-order valence-corrected chi connectivity index (χ1v) is 14.6. The Morgan fingerprint density at radius 1 is 0.795 bits per heavy atom. The van der Waals surface area contributed by atoms with Gasteiger partial charge in [-0.2, -0.15) is 0 Å². The summed E-state index contributed by atoms with van der Waals surface area (Å²) in [7, 11) is 3.38. The lowest BCUT2D eigenvalue weighted by Gasteiger charge is -2.37. The van der Waals surface area contributed by atoms with Crippen LogP contribution in [0.4, 0.5) is 21.9 Å². The van der Waals surface area contributed by atoms with Crippen molar-refractivity contribution >= 4 is 34.9 Å². The van der Waals surface area contributed by atoms with Gasteiger partial charge in [-0.25, -0.2) is 4.79 Å². The lowest BCUT2D eigenvalue weighted by Crippen LogP contribution is -2.50. The number of urea groups is 1. The number of rotatable bonds is 8. The Bertz CT molecular complexity index is 1600. The van der Waals surface area contributed by atoms with Crippen molar-refractivity contribution < 1.29 is 19.1 Å². The Balaban J connectivity index is 1.32. The van der Waals surface area contributed by atoms with E-state index in [1.54, 1.807) is 66.4 Å². The van der Waals surface area contributed by atoms with E-state index >= 15 is 0 Å². The Labute approximate surface area is 258 Å². The van der Waals surface area contributed by atoms with Crippen LogP contribution in [0.15, 0.2) is 97.1 Å². The number of carbonyl (C=O) groups is 3. The number of piperazine rings is 1. The van der Waals surface area contributed by atoms with Crippen LogP contribution in [0, 0.1) is 6.92 Å². The molecule has 1 saturated heterocycles. The molecule has 4 aromatic rings. The van der Waals surface area contributed by atoms with Crippen LogP contribution >= 0.6 is 0 Å². The molecule has 1 fully saturated rings. The first-order valence-electron chi connectivity index (χ1n) is 14.6. The van der Waals surface area contributed by atoms with Crippen molar-refractivity contribution in [1.82, 2.24) is 9.80 Å². The molecule has 1 heterocycles. The number of nitrogens with zero attached hydrogens (tertiary/aromatic N) is 3. The van der Waals surface area contributed by atoms with Crippen LogP contribution in [0.2, 0.25) is 0 Å². The molecule has 1 aliphatic rings. The van der Waals surface area contributed by atoms with Crippen molar-refractivity contribution in [3.05, 3.63) is 119 Å². The molecular weight excluding hydrogens is 554 g/mol. The third-order valence-corrected chi connectivity index (χ3v) is 7.66. The van der Waals surface area contributed by atoms with Crippen molar-refractivity contribution in [1.29, 1.82) is 0 Å². The predicted molar refractivity (Wildman–Crippen MR) is 174 cm³/mol. The van der Waals surface area contributed by atoms with Gasteiger partial charge in [0.25, 0.3) is 11.8 Å². The molecule has 44 heavy (non-hydrogen) atoms. The van der Waals surface area contributed by atoms with E-state index in [4.69, 9.17) is 4.74 Å². The van der Waals surface area contributed by atoms with Gasteiger partial charge >= 0.3 is 6.03 Å². The summed E-state index contributed by atoms with van der Waals surface area (Å²) < 4.78 is 5.19. The SMILES string of the molecule is COc1ccc(NC(=O)N2CCN(c3ccc(NC(=O)c4ccc(C)cc4)cc3C(=O)N(C)Cc3ccccc3)CC2)cc1. The van der Waals surface area contributed by atoms with Crippen LogP contribution in [0.25, 0.3) is 0 Å². The Hall–Kier alpha value is -5.31. The van der Waals surface area contributed by atoms with Crippen molar-refractivity contribution in [2.24, 2.45) is 0 Å². The molecule has 0 spiro atoms. The molecule has 0 radical (unpaired) electrons. The highest BCUT2D eigenvalue weighted by atomic mass is 16.5. The van der Waals surface area contributed by atoms with Crippen LogP contribution in [0.5, 0.6) is 5.75 Å². The summed E-state index contributed by atoms with van der Waals surface area (Å²) in [4.78, 5) is 45.4. The third kappa shape index (κ3) is 7.36. The van der Waals surface area contributed by atoms with E-state index in [9.17, 15) is 14.4 Å². The van der Waals surface area contributed by atoms with E-state index in [0.717, 1.165) is 22.6 Å². The normalized spacial score (nSPS) is 12.8. The van der Waals surface area contributed by atoms with E-state index in [-0.39, 0.29) is 17.8 Å². The highest BCUT2D eigenvalue weighted by Gasteiger charge is 2.26. The molecule has 0 aliphatic carbocycles. The number of aryl methyl sites for hydroxylation is 1. The molecule has 0 atom stereocenters. The van der Waals surface area contributed by atoms with Crippen LogP contribution in [-0.2, 0) is 6.54 Å². The summed E-state index contributed by atoms with van der Waals surface area (Å²) in [6.45, 7) is 4.49. The molecule has 4 aromatic carbocycles. The Morgan fingerprint density at radius 2 is 1.45 bits per heavy atom. The lowest BCUT2D eigenvalue weighted by molar-refractivity contribution is 0.0785. The monoisotopic (exact) mass is 591 g/mol. The minimum atomic E-state index is -0.245. The number of methoxy groups -OCH3 is 1. The number of nitrogens with one attached hydrogen (secondary N) is 2. The summed E-state index contributed by atoms with van der Waals surface area (Å²) in [5.74, 6) is 0.317. The molecule has 9 heteroatoms. The smallest absolute Gasteiger partial charge is 0.321 e. The van der Waals surface area contributed by atoms with Gasteiger partial charge in [-0.1, -0.05) is 48.0 Å². The lowest BCUT2D eigenvalue weighted by atomic mass is 10.1. The van der Waals surface area contributed by atoms with Gasteiger partial charge in [0, 0.05) is 62.4 Å². The zero-order chi connectivity index (χ0) is 31.1. The van der Waals surface area contributed by atoms with Gasteiger partial charge < -0.3 is 30.1 Å². The summed E-state index contributed by atoms with van der Waals surface area (Å²) >= 11 is 0. The summed E-state index contributed by atoms with van der Waals surface area (Å²) in [5.41, 5.74) is 5.10. The van der Waals surface area contributed by atoms with Crippen molar-refractivity contribution in [2.45, 2.75) is 13.5 Å². The first-order chi connectivity index (χ1) is 21.3. The molecule has 0 bridgehead atoms. The minimum absolute atomic E-state index is 0.157. The number of hydrogen-bond acceptors (Lipinski definition) is 5. The zero-order valence-corrected chi connectivity index (χ0v) is 25.2. The van der Waals surface area contributed by atoms with E-state index in [2.05, 4.69) is 15.5 Å². The van der Waals surface area contributed by atoms with E-state index in [1.807, 2.05) is 61.5 Å². The molecule has 0 aromatic heterocycles. The fraction of sp³-hybridized carbons (Fsp3) is 0.229. The van der Waals surface area contributed by atoms with E-state index in [1.165, 1.54) is 0 Å². The molecule has 0 unspecified atom stereocenters. The number of anilines is 3. The second-order valence-electron chi connectivity index (χ2n) is 10.8. The van der Waals surface area contributed by atoms with E-state index in [0.29, 0.717) is 55.2 Å². The van der Waals surface area contributed by atoms with Gasteiger partial charge in [-0.3, -0.25) is 9.59 Å². The highest BCUT2D eigenvalue weighted by Crippen LogP contribution is 2.28. The van der Waals surface area contributed by atoms with Gasteiger partial charge in [-0.15, -0.1) is 0 Å². The van der Waals surface area contributed by atoms with Crippen molar-refractivity contribution in [3.63, 3.8) is 0 Å². The molecule has 4 amide bonds. The third-order valence-electron chi connectivity index (χ3n) is 7.66. The number of amides is 4. The standard InChI is InChI=1S/C35H37N5O4/c1-25-9-11-27(12-10-25)33(41)36-29-15-18-32(31(23-29)34(42)38(2)24-26-7-5-4-6-8-26)39-19-21-40(22-20-39)35(43)37-28-13-16-30(44-3)17-14-28/h4-18,23H,19-22,24H2,1-3H3,(H,36,41)(H,37,43). The van der Waals surface area contributed by atoms with Gasteiger partial charge in [0.15, 0.2) is 0 Å². The maximum atomic E-state index is 13.9. The summed E-state index contributed by atoms with van der Waals surface area (Å²) in [5, 5.41) is 5.89. The van der Waals surface area contributed by atoms with Gasteiger partial charge in [-0.05, 0) is 67.1 Å². The van der Waals surface area contributed by atoms with Crippen LogP contribution in [0.1, 0.15) is 31.8 Å². The number of ether oxygens (including phenoxy) is 1. The fourth-order valence-electron chi connectivity index (χ4n) is 5.13. The average molecular weight is 592 g/mol. The summed E-state index contributed by atoms with van der Waals surface area (Å²) in [6, 6.07) is 29.6. The maximum Gasteiger partial charge on any atom is 0.321 e. The molecule has 226 valence electrons. The minimum Gasteiger partial charge on any atom is -0.497 e. The van der Waals surface area contributed by atoms with Crippen LogP contribution in [0.3, 0.4) is 0 Å². The number of hydrogen-bond donors (Lipinski definition) is 2. The van der Waals surface area contributed by atoms with Crippen LogP contribution in [-0.4, -0.2) is 68.0 Å². The maximum absolute atomic E-state index is 13.9. The first kappa shape index (κ1) is 30.2. The molecule has 9 nitrogen and oxygen atoms in total. The highest BCUT2D eigenvalue weighted by molar-refractivity contribution is 6.06. The predicted octanol–water partition coefficient (Wildman–Crippen LogP) is 5.88. The number of carbonyl (C=O) groups excluding carboxylic acids is 3. The second-order valence-corrected chi connectivity index (χ2v) is 10.8. The molecule has 0 saturated carbocycles. The van der Waals surface area contributed by atoms with Gasteiger partial charge in [0.2, 0.25) is 0 Å². The Kier molecular flexibility index (Phi) is 9.44. The van der Waals surface area contributed by atoms with Gasteiger partial charge in [0.05, 0.1) is 12.7 Å². The second kappa shape index (κ2) is 13.8. The fourth-order valence-corrected chi connectivity index (χ4v) is 5.13. The molecule has 2 N–H and O–H groups in total. The van der Waals surface area contributed by atoms with Crippen LogP contribution < -0.4 is 20.3 Å². The molecule has 5 rings (SSSR count). The largest absolute Gasteiger partial charge is 0.497 e. The molecular formula is C35H37N5O4. The Morgan fingerprint density at radius 3 is 2.11 bits per heavy atom.